The molecule has 1 atom stereocenters. The van der Waals surface area contributed by atoms with E-state index in [1.165, 1.54) is 0 Å². The van der Waals surface area contributed by atoms with Crippen LogP contribution in [0.3, 0.4) is 0 Å². The van der Waals surface area contributed by atoms with Crippen LogP contribution in [-0.4, -0.2) is 39.5 Å². The zero-order valence-corrected chi connectivity index (χ0v) is 12.7. The molecule has 0 heterocycles. The van der Waals surface area contributed by atoms with Crippen LogP contribution in [0.25, 0.3) is 0 Å². The second-order valence-electron chi connectivity index (χ2n) is 4.75. The molecule has 118 valence electrons. The molecule has 21 heavy (non-hydrogen) atoms. The third-order valence-corrected chi connectivity index (χ3v) is 2.85. The molecule has 4 N–H and O–H groups in total. The molecule has 0 aliphatic carbocycles. The summed E-state index contributed by atoms with van der Waals surface area (Å²) >= 11 is 0. The van der Waals surface area contributed by atoms with Crippen LogP contribution < -0.4 is 16.4 Å². The molecule has 6 nitrogen and oxygen atoms in total. The monoisotopic (exact) mass is 295 g/mol. The van der Waals surface area contributed by atoms with Crippen molar-refractivity contribution in [3.8, 4) is 0 Å². The normalized spacial score (nSPS) is 12.0. The van der Waals surface area contributed by atoms with E-state index >= 15 is 0 Å². The van der Waals surface area contributed by atoms with Crippen molar-refractivity contribution in [2.75, 3.05) is 38.8 Å². The van der Waals surface area contributed by atoms with Crippen LogP contribution in [0.2, 0.25) is 0 Å². The van der Waals surface area contributed by atoms with Crippen molar-refractivity contribution in [2.45, 2.75) is 19.4 Å². The Hall–Kier alpha value is -1.63. The molecule has 1 aromatic rings. The predicted octanol–water partition coefficient (Wildman–Crippen LogP) is 1.88. The topological polar surface area (TPSA) is 85.6 Å². The van der Waals surface area contributed by atoms with E-state index in [-0.39, 0.29) is 12.1 Å². The van der Waals surface area contributed by atoms with Crippen molar-refractivity contribution < 1.29 is 14.3 Å². The zero-order chi connectivity index (χ0) is 15.5. The van der Waals surface area contributed by atoms with Gasteiger partial charge in [0.2, 0.25) is 0 Å². The van der Waals surface area contributed by atoms with Gasteiger partial charge in [-0.05, 0) is 31.0 Å². The Morgan fingerprint density at radius 1 is 1.33 bits per heavy atom. The number of methoxy groups -OCH3 is 1. The van der Waals surface area contributed by atoms with Crippen LogP contribution in [0, 0.1) is 0 Å². The number of amides is 2. The molecule has 0 fully saturated rings. The van der Waals surface area contributed by atoms with Crippen LogP contribution in [-0.2, 0) is 9.47 Å². The summed E-state index contributed by atoms with van der Waals surface area (Å²) in [6.07, 6.45) is 0.761. The predicted molar refractivity (Wildman–Crippen MR) is 83.4 cm³/mol. The standard InChI is InChI=1S/C15H25N3O3/c1-12(16)13-5-3-6-14(11-13)18-15(19)17-7-4-8-21-10-9-20-2/h3,5-6,11-12H,4,7-10,16H2,1-2H3,(H2,17,18,19). The van der Waals surface area contributed by atoms with Crippen LogP contribution in [0.4, 0.5) is 10.5 Å². The third kappa shape index (κ3) is 7.65. The molecule has 1 aromatic carbocycles. The maximum atomic E-state index is 11.7. The summed E-state index contributed by atoms with van der Waals surface area (Å²) in [5.41, 5.74) is 7.53. The van der Waals surface area contributed by atoms with Crippen molar-refractivity contribution >= 4 is 11.7 Å². The molecule has 0 saturated heterocycles. The number of ether oxygens (including phenoxy) is 2. The molecule has 2 amide bonds. The highest BCUT2D eigenvalue weighted by atomic mass is 16.5. The van der Waals surface area contributed by atoms with Gasteiger partial charge in [-0.2, -0.15) is 0 Å². The fraction of sp³-hybridized carbons (Fsp3) is 0.533. The molecule has 0 saturated carbocycles. The highest BCUT2D eigenvalue weighted by Gasteiger charge is 2.03. The van der Waals surface area contributed by atoms with Gasteiger partial charge in [-0.15, -0.1) is 0 Å². The van der Waals surface area contributed by atoms with Gasteiger partial charge in [-0.3, -0.25) is 0 Å². The number of anilines is 1. The number of carbonyl (C=O) groups excluding carboxylic acids is 1. The molecule has 6 heteroatoms. The van der Waals surface area contributed by atoms with Crippen LogP contribution >= 0.6 is 0 Å². The van der Waals surface area contributed by atoms with Gasteiger partial charge in [0.1, 0.15) is 0 Å². The Kier molecular flexibility index (Phi) is 8.42. The minimum absolute atomic E-state index is 0.0564. The maximum absolute atomic E-state index is 11.7. The first kappa shape index (κ1) is 17.4. The molecular formula is C15H25N3O3. The van der Waals surface area contributed by atoms with Crippen molar-refractivity contribution in [3.05, 3.63) is 29.8 Å². The fourth-order valence-electron chi connectivity index (χ4n) is 1.70. The number of urea groups is 1. The summed E-state index contributed by atoms with van der Waals surface area (Å²) in [5, 5.41) is 5.56. The number of benzene rings is 1. The first-order valence-electron chi connectivity index (χ1n) is 7.10. The lowest BCUT2D eigenvalue weighted by atomic mass is 10.1. The molecule has 1 rings (SSSR count). The SMILES string of the molecule is COCCOCCCNC(=O)Nc1cccc(C(C)N)c1. The molecule has 0 aliphatic heterocycles. The molecule has 1 unspecified atom stereocenters. The minimum atomic E-state index is -0.228. The molecule has 0 spiro atoms. The molecule has 0 radical (unpaired) electrons. The Morgan fingerprint density at radius 2 is 2.14 bits per heavy atom. The van der Waals surface area contributed by atoms with Crippen LogP contribution in [0.15, 0.2) is 24.3 Å². The molecule has 0 aromatic heterocycles. The Balaban J connectivity index is 2.20. The van der Waals surface area contributed by atoms with E-state index < -0.39 is 0 Å². The Morgan fingerprint density at radius 3 is 2.86 bits per heavy atom. The molecule has 0 bridgehead atoms. The number of nitrogens with one attached hydrogen (secondary N) is 2. The maximum Gasteiger partial charge on any atom is 0.319 e. The highest BCUT2D eigenvalue weighted by Crippen LogP contribution is 2.15. The average molecular weight is 295 g/mol. The Labute approximate surface area is 126 Å². The van der Waals surface area contributed by atoms with E-state index in [4.69, 9.17) is 15.2 Å². The summed E-state index contributed by atoms with van der Waals surface area (Å²) in [6.45, 7) is 4.23. The van der Waals surface area contributed by atoms with E-state index in [0.717, 1.165) is 17.7 Å². The van der Waals surface area contributed by atoms with Crippen molar-refractivity contribution in [1.29, 1.82) is 0 Å². The Bertz CT molecular complexity index is 424. The van der Waals surface area contributed by atoms with Gasteiger partial charge in [0.25, 0.3) is 0 Å². The number of nitrogens with two attached hydrogens (primary N) is 1. The number of hydrogen-bond acceptors (Lipinski definition) is 4. The summed E-state index contributed by atoms with van der Waals surface area (Å²) < 4.78 is 10.2. The quantitative estimate of drug-likeness (QED) is 0.607. The third-order valence-electron chi connectivity index (χ3n) is 2.85. The number of carbonyl (C=O) groups is 1. The summed E-state index contributed by atoms with van der Waals surface area (Å²) in [6, 6.07) is 7.23. The summed E-state index contributed by atoms with van der Waals surface area (Å²) in [5.74, 6) is 0. The first-order chi connectivity index (χ1) is 10.1. The smallest absolute Gasteiger partial charge is 0.319 e. The summed E-state index contributed by atoms with van der Waals surface area (Å²) in [7, 11) is 1.63. The van der Waals surface area contributed by atoms with Gasteiger partial charge < -0.3 is 25.8 Å². The first-order valence-corrected chi connectivity index (χ1v) is 7.10. The van der Waals surface area contributed by atoms with Gasteiger partial charge in [0.15, 0.2) is 0 Å². The van der Waals surface area contributed by atoms with Crippen molar-refractivity contribution in [1.82, 2.24) is 5.32 Å². The van der Waals surface area contributed by atoms with E-state index in [1.54, 1.807) is 7.11 Å². The lowest BCUT2D eigenvalue weighted by molar-refractivity contribution is 0.0697. The fourth-order valence-corrected chi connectivity index (χ4v) is 1.70. The minimum Gasteiger partial charge on any atom is -0.382 e. The van der Waals surface area contributed by atoms with Crippen molar-refractivity contribution in [2.24, 2.45) is 5.73 Å². The average Bonchev–Trinajstić information content (AvgIpc) is 2.46. The van der Waals surface area contributed by atoms with Gasteiger partial charge in [0.05, 0.1) is 13.2 Å². The van der Waals surface area contributed by atoms with Crippen LogP contribution in [0.1, 0.15) is 24.9 Å². The van der Waals surface area contributed by atoms with Crippen LogP contribution in [0.5, 0.6) is 0 Å². The van der Waals surface area contributed by atoms with Gasteiger partial charge in [0, 0.05) is 32.0 Å². The van der Waals surface area contributed by atoms with Crippen molar-refractivity contribution in [3.63, 3.8) is 0 Å². The number of rotatable bonds is 9. The van der Waals surface area contributed by atoms with Gasteiger partial charge >= 0.3 is 6.03 Å². The van der Waals surface area contributed by atoms with Gasteiger partial charge in [-0.25, -0.2) is 4.79 Å². The van der Waals surface area contributed by atoms with E-state index in [2.05, 4.69) is 10.6 Å². The lowest BCUT2D eigenvalue weighted by Gasteiger charge is -2.10. The van der Waals surface area contributed by atoms with E-state index in [0.29, 0.717) is 26.4 Å². The van der Waals surface area contributed by atoms with E-state index in [9.17, 15) is 4.79 Å². The van der Waals surface area contributed by atoms with Gasteiger partial charge in [-0.1, -0.05) is 12.1 Å². The lowest BCUT2D eigenvalue weighted by Crippen LogP contribution is -2.30. The second kappa shape index (κ2) is 10.1. The zero-order valence-electron chi connectivity index (χ0n) is 12.7. The van der Waals surface area contributed by atoms with E-state index in [1.807, 2.05) is 31.2 Å². The largest absolute Gasteiger partial charge is 0.382 e. The molecular weight excluding hydrogens is 270 g/mol. The summed E-state index contributed by atoms with van der Waals surface area (Å²) in [4.78, 5) is 11.7. The highest BCUT2D eigenvalue weighted by molar-refractivity contribution is 5.89. The number of hydrogen-bond donors (Lipinski definition) is 3. The second-order valence-corrected chi connectivity index (χ2v) is 4.75. The molecule has 0 aliphatic rings.